The number of aryl methyl sites for hydroxylation is 1. The summed E-state index contributed by atoms with van der Waals surface area (Å²) in [6.07, 6.45) is 1.69. The molecular formula is C17H15FN4. The van der Waals surface area contributed by atoms with Crippen molar-refractivity contribution in [3.63, 3.8) is 0 Å². The highest BCUT2D eigenvalue weighted by Gasteiger charge is 2.09. The molecule has 5 heteroatoms. The number of aliphatic imine (C=N–C) groups is 1. The lowest BCUT2D eigenvalue weighted by Crippen LogP contribution is -1.88. The first kappa shape index (κ1) is 14.1. The Labute approximate surface area is 127 Å². The quantitative estimate of drug-likeness (QED) is 0.750. The Morgan fingerprint density at radius 2 is 1.82 bits per heavy atom. The summed E-state index contributed by atoms with van der Waals surface area (Å²) in [6.45, 7) is 1.90. The molecule has 0 aliphatic heterocycles. The number of hydrogen-bond donors (Lipinski definition) is 1. The molecule has 0 amide bonds. The molecule has 2 aromatic carbocycles. The third-order valence-corrected chi connectivity index (χ3v) is 3.49. The number of nitrogens with one attached hydrogen (secondary N) is 1. The summed E-state index contributed by atoms with van der Waals surface area (Å²) in [5.74, 6) is -0.219. The summed E-state index contributed by atoms with van der Waals surface area (Å²) >= 11 is 0. The molecule has 0 radical (unpaired) electrons. The number of halogens is 1. The average Bonchev–Trinajstić information content (AvgIpc) is 2.96. The monoisotopic (exact) mass is 294 g/mol. The first-order valence-electron chi connectivity index (χ1n) is 6.89. The van der Waals surface area contributed by atoms with E-state index in [1.54, 1.807) is 19.3 Å². The third-order valence-electron chi connectivity index (χ3n) is 3.49. The fraction of sp³-hybridized carbons (Fsp3) is 0.118. The van der Waals surface area contributed by atoms with E-state index in [0.29, 0.717) is 0 Å². The molecule has 4 nitrogen and oxygen atoms in total. The van der Waals surface area contributed by atoms with Gasteiger partial charge in [0.2, 0.25) is 0 Å². The zero-order chi connectivity index (χ0) is 15.5. The van der Waals surface area contributed by atoms with Crippen molar-refractivity contribution in [3.8, 4) is 22.4 Å². The molecule has 0 aliphatic rings. The molecule has 3 aromatic rings. The lowest BCUT2D eigenvalue weighted by molar-refractivity contribution is 0.627. The number of aromatic amines is 1. The Hall–Kier alpha value is -2.82. The summed E-state index contributed by atoms with van der Waals surface area (Å²) in [5.41, 5.74) is 5.44. The van der Waals surface area contributed by atoms with Gasteiger partial charge in [-0.25, -0.2) is 4.39 Å². The minimum atomic E-state index is -0.219. The van der Waals surface area contributed by atoms with Gasteiger partial charge >= 0.3 is 0 Å². The standard InChI is InChI=1S/C17H15FN4/c1-11-9-14(18)7-8-15(11)12-3-5-13(6-4-12)17-16(10-19-2)20-22-21-17/h3-10H,1-2H3,(H,20,21,22)/b19-10+. The molecule has 0 saturated carbocycles. The van der Waals surface area contributed by atoms with Crippen molar-refractivity contribution in [3.05, 3.63) is 59.5 Å². The third kappa shape index (κ3) is 2.65. The second kappa shape index (κ2) is 5.89. The van der Waals surface area contributed by atoms with Crippen LogP contribution in [0.1, 0.15) is 11.3 Å². The van der Waals surface area contributed by atoms with Crippen molar-refractivity contribution < 1.29 is 4.39 Å². The summed E-state index contributed by atoms with van der Waals surface area (Å²) in [6, 6.07) is 12.8. The fourth-order valence-corrected chi connectivity index (χ4v) is 2.43. The predicted octanol–water partition coefficient (Wildman–Crippen LogP) is 3.63. The Balaban J connectivity index is 1.97. The van der Waals surface area contributed by atoms with Gasteiger partial charge in [0.25, 0.3) is 0 Å². The maximum Gasteiger partial charge on any atom is 0.123 e. The topological polar surface area (TPSA) is 53.9 Å². The largest absolute Gasteiger partial charge is 0.294 e. The van der Waals surface area contributed by atoms with Crippen molar-refractivity contribution in [2.24, 2.45) is 4.99 Å². The second-order valence-corrected chi connectivity index (χ2v) is 5.00. The summed E-state index contributed by atoms with van der Waals surface area (Å²) in [4.78, 5) is 3.98. The van der Waals surface area contributed by atoms with Crippen molar-refractivity contribution in [1.29, 1.82) is 0 Å². The van der Waals surface area contributed by atoms with Crippen LogP contribution in [-0.2, 0) is 0 Å². The maximum atomic E-state index is 13.2. The van der Waals surface area contributed by atoms with Crippen LogP contribution in [-0.4, -0.2) is 28.7 Å². The van der Waals surface area contributed by atoms with Crippen molar-refractivity contribution in [2.45, 2.75) is 6.92 Å². The van der Waals surface area contributed by atoms with Crippen molar-refractivity contribution in [2.75, 3.05) is 7.05 Å². The molecule has 0 saturated heterocycles. The van der Waals surface area contributed by atoms with Crippen molar-refractivity contribution >= 4 is 6.21 Å². The number of hydrogen-bond acceptors (Lipinski definition) is 3. The number of benzene rings is 2. The molecule has 1 aromatic heterocycles. The highest BCUT2D eigenvalue weighted by atomic mass is 19.1. The first-order valence-corrected chi connectivity index (χ1v) is 6.89. The number of nitrogens with zero attached hydrogens (tertiary/aromatic N) is 3. The Morgan fingerprint density at radius 1 is 1.09 bits per heavy atom. The van der Waals surface area contributed by atoms with E-state index in [1.165, 1.54) is 12.1 Å². The van der Waals surface area contributed by atoms with Gasteiger partial charge in [-0.05, 0) is 35.7 Å². The van der Waals surface area contributed by atoms with E-state index < -0.39 is 0 Å². The second-order valence-electron chi connectivity index (χ2n) is 5.00. The van der Waals surface area contributed by atoms with Crippen LogP contribution >= 0.6 is 0 Å². The van der Waals surface area contributed by atoms with Crippen molar-refractivity contribution in [1.82, 2.24) is 15.4 Å². The SMILES string of the molecule is C/N=C/c1[nH]nnc1-c1ccc(-c2ccc(F)cc2C)cc1. The predicted molar refractivity (Wildman–Crippen MR) is 85.5 cm³/mol. The maximum absolute atomic E-state index is 13.2. The minimum absolute atomic E-state index is 0.219. The van der Waals surface area contributed by atoms with Crippen LogP contribution in [0.3, 0.4) is 0 Å². The molecule has 0 atom stereocenters. The van der Waals surface area contributed by atoms with Gasteiger partial charge in [0, 0.05) is 18.8 Å². The first-order chi connectivity index (χ1) is 10.7. The number of rotatable bonds is 3. The van der Waals surface area contributed by atoms with Gasteiger partial charge < -0.3 is 0 Å². The molecule has 3 rings (SSSR count). The molecule has 1 heterocycles. The lowest BCUT2D eigenvalue weighted by Gasteiger charge is -2.07. The van der Waals surface area contributed by atoms with Crippen LogP contribution in [0.4, 0.5) is 4.39 Å². The van der Waals surface area contributed by atoms with Crippen LogP contribution in [0.5, 0.6) is 0 Å². The number of H-pyrrole nitrogens is 1. The highest BCUT2D eigenvalue weighted by Crippen LogP contribution is 2.27. The van der Waals surface area contributed by atoms with E-state index in [1.807, 2.05) is 31.2 Å². The fourth-order valence-electron chi connectivity index (χ4n) is 2.43. The van der Waals surface area contributed by atoms with Gasteiger partial charge in [-0.3, -0.25) is 10.1 Å². The van der Waals surface area contributed by atoms with Gasteiger partial charge in [0.1, 0.15) is 17.2 Å². The van der Waals surface area contributed by atoms with E-state index in [4.69, 9.17) is 0 Å². The average molecular weight is 294 g/mol. The lowest BCUT2D eigenvalue weighted by atomic mass is 9.98. The Bertz CT molecular complexity index is 819. The van der Waals surface area contributed by atoms with Gasteiger partial charge in [0.15, 0.2) is 0 Å². The minimum Gasteiger partial charge on any atom is -0.294 e. The van der Waals surface area contributed by atoms with E-state index in [9.17, 15) is 4.39 Å². The highest BCUT2D eigenvalue weighted by molar-refractivity contribution is 5.86. The molecule has 1 N–H and O–H groups in total. The van der Waals surface area contributed by atoms with E-state index in [-0.39, 0.29) is 5.82 Å². The van der Waals surface area contributed by atoms with Crippen LogP contribution in [0, 0.1) is 12.7 Å². The van der Waals surface area contributed by atoms with E-state index >= 15 is 0 Å². The molecule has 22 heavy (non-hydrogen) atoms. The summed E-state index contributed by atoms with van der Waals surface area (Å²) < 4.78 is 13.2. The van der Waals surface area contributed by atoms with Crippen LogP contribution in [0.2, 0.25) is 0 Å². The molecule has 0 fully saturated rings. The number of aromatic nitrogens is 3. The Kier molecular flexibility index (Phi) is 3.78. The van der Waals surface area contributed by atoms with Gasteiger partial charge in [0.05, 0.1) is 0 Å². The molecule has 0 bridgehead atoms. The van der Waals surface area contributed by atoms with Crippen LogP contribution in [0.25, 0.3) is 22.4 Å². The normalized spacial score (nSPS) is 11.2. The van der Waals surface area contributed by atoms with Gasteiger partial charge in [-0.15, -0.1) is 5.10 Å². The van der Waals surface area contributed by atoms with Gasteiger partial charge in [-0.1, -0.05) is 35.5 Å². The molecule has 0 unspecified atom stereocenters. The zero-order valence-electron chi connectivity index (χ0n) is 12.3. The van der Waals surface area contributed by atoms with E-state index in [0.717, 1.165) is 33.6 Å². The molecule has 110 valence electrons. The smallest absolute Gasteiger partial charge is 0.123 e. The Morgan fingerprint density at radius 3 is 2.50 bits per heavy atom. The summed E-state index contributed by atoms with van der Waals surface area (Å²) in [7, 11) is 1.70. The van der Waals surface area contributed by atoms with Gasteiger partial charge in [-0.2, -0.15) is 0 Å². The zero-order valence-corrected chi connectivity index (χ0v) is 12.3. The van der Waals surface area contributed by atoms with Crippen LogP contribution in [0.15, 0.2) is 47.5 Å². The molecular weight excluding hydrogens is 279 g/mol. The summed E-state index contributed by atoms with van der Waals surface area (Å²) in [5, 5.41) is 10.7. The molecule has 0 aliphatic carbocycles. The van der Waals surface area contributed by atoms with Crippen LogP contribution < -0.4 is 0 Å². The van der Waals surface area contributed by atoms with E-state index in [2.05, 4.69) is 20.4 Å². The molecule has 0 spiro atoms.